The van der Waals surface area contributed by atoms with Crippen molar-refractivity contribution in [3.8, 4) is 0 Å². The third-order valence-electron chi connectivity index (χ3n) is 2.87. The SMILES string of the molecule is O=S(=O)(NCc1ccc(CO)cc1)c1ccc(Cl)c(Br)c1. The summed E-state index contributed by atoms with van der Waals surface area (Å²) >= 11 is 9.05. The molecule has 0 aliphatic carbocycles. The molecule has 0 bridgehead atoms. The average Bonchev–Trinajstić information content (AvgIpc) is 2.48. The van der Waals surface area contributed by atoms with Crippen LogP contribution in [0.5, 0.6) is 0 Å². The summed E-state index contributed by atoms with van der Waals surface area (Å²) in [5.41, 5.74) is 1.59. The van der Waals surface area contributed by atoms with Gasteiger partial charge in [-0.3, -0.25) is 0 Å². The van der Waals surface area contributed by atoms with Gasteiger partial charge in [0, 0.05) is 11.0 Å². The Morgan fingerprint density at radius 3 is 2.29 bits per heavy atom. The first kappa shape index (κ1) is 16.5. The highest BCUT2D eigenvalue weighted by Gasteiger charge is 2.14. The second-order valence-electron chi connectivity index (χ2n) is 4.38. The zero-order valence-corrected chi connectivity index (χ0v) is 14.0. The molecule has 7 heteroatoms. The van der Waals surface area contributed by atoms with E-state index in [9.17, 15) is 8.42 Å². The summed E-state index contributed by atoms with van der Waals surface area (Å²) in [5, 5.41) is 9.41. The molecule has 0 fully saturated rings. The van der Waals surface area contributed by atoms with Gasteiger partial charge in [-0.05, 0) is 45.3 Å². The van der Waals surface area contributed by atoms with E-state index in [0.717, 1.165) is 11.1 Å². The van der Waals surface area contributed by atoms with Crippen LogP contribution in [-0.4, -0.2) is 13.5 Å². The van der Waals surface area contributed by atoms with Crippen LogP contribution >= 0.6 is 27.5 Å². The molecule has 4 nitrogen and oxygen atoms in total. The van der Waals surface area contributed by atoms with Gasteiger partial charge in [0.25, 0.3) is 0 Å². The van der Waals surface area contributed by atoms with Gasteiger partial charge in [0.2, 0.25) is 10.0 Å². The van der Waals surface area contributed by atoms with E-state index < -0.39 is 10.0 Å². The molecule has 21 heavy (non-hydrogen) atoms. The molecule has 0 aromatic heterocycles. The van der Waals surface area contributed by atoms with E-state index in [1.165, 1.54) is 18.2 Å². The number of sulfonamides is 1. The van der Waals surface area contributed by atoms with Crippen molar-refractivity contribution in [1.29, 1.82) is 0 Å². The van der Waals surface area contributed by atoms with Crippen LogP contribution in [0.25, 0.3) is 0 Å². The second kappa shape index (κ2) is 6.89. The van der Waals surface area contributed by atoms with Crippen LogP contribution in [0.3, 0.4) is 0 Å². The van der Waals surface area contributed by atoms with Crippen molar-refractivity contribution in [2.24, 2.45) is 0 Å². The predicted molar refractivity (Wildman–Crippen MR) is 85.5 cm³/mol. The lowest BCUT2D eigenvalue weighted by Crippen LogP contribution is -2.23. The number of hydrogen-bond donors (Lipinski definition) is 2. The van der Waals surface area contributed by atoms with Crippen LogP contribution in [0.4, 0.5) is 0 Å². The average molecular weight is 391 g/mol. The van der Waals surface area contributed by atoms with E-state index >= 15 is 0 Å². The van der Waals surface area contributed by atoms with Gasteiger partial charge >= 0.3 is 0 Å². The van der Waals surface area contributed by atoms with Gasteiger partial charge in [-0.15, -0.1) is 0 Å². The quantitative estimate of drug-likeness (QED) is 0.824. The molecular weight excluding hydrogens is 378 g/mol. The number of rotatable bonds is 5. The summed E-state index contributed by atoms with van der Waals surface area (Å²) in [7, 11) is -3.60. The fourth-order valence-electron chi connectivity index (χ4n) is 1.67. The van der Waals surface area contributed by atoms with Crippen LogP contribution < -0.4 is 4.72 Å². The van der Waals surface area contributed by atoms with Crippen molar-refractivity contribution in [3.05, 3.63) is 63.1 Å². The molecule has 0 saturated carbocycles. The molecule has 2 aromatic rings. The van der Waals surface area contributed by atoms with Gasteiger partial charge in [0.1, 0.15) is 0 Å². The van der Waals surface area contributed by atoms with Crippen LogP contribution in [-0.2, 0) is 23.2 Å². The molecule has 0 heterocycles. The maximum absolute atomic E-state index is 12.2. The van der Waals surface area contributed by atoms with Gasteiger partial charge < -0.3 is 5.11 Å². The number of aliphatic hydroxyl groups excluding tert-OH is 1. The standard InChI is InChI=1S/C14H13BrClNO3S/c15-13-7-12(5-6-14(13)16)21(19,20)17-8-10-1-3-11(9-18)4-2-10/h1-7,17-18H,8-9H2. The molecule has 0 aliphatic rings. The molecule has 112 valence electrons. The Morgan fingerprint density at radius 1 is 1.10 bits per heavy atom. The Bertz CT molecular complexity index is 732. The fourth-order valence-corrected chi connectivity index (χ4v) is 3.36. The molecule has 0 saturated heterocycles. The molecule has 0 aliphatic heterocycles. The molecule has 0 unspecified atom stereocenters. The Morgan fingerprint density at radius 2 is 1.71 bits per heavy atom. The predicted octanol–water partition coefficient (Wildman–Crippen LogP) is 3.07. The lowest BCUT2D eigenvalue weighted by atomic mass is 10.1. The maximum Gasteiger partial charge on any atom is 0.240 e. The minimum atomic E-state index is -3.60. The fraction of sp³-hybridized carbons (Fsp3) is 0.143. The van der Waals surface area contributed by atoms with Crippen molar-refractivity contribution in [1.82, 2.24) is 4.72 Å². The third-order valence-corrected chi connectivity index (χ3v) is 5.49. The van der Waals surface area contributed by atoms with Gasteiger partial charge in [-0.25, -0.2) is 13.1 Å². The highest BCUT2D eigenvalue weighted by molar-refractivity contribution is 9.10. The topological polar surface area (TPSA) is 66.4 Å². The van der Waals surface area contributed by atoms with E-state index in [-0.39, 0.29) is 18.0 Å². The number of nitrogens with one attached hydrogen (secondary N) is 1. The van der Waals surface area contributed by atoms with E-state index in [2.05, 4.69) is 20.7 Å². The van der Waals surface area contributed by atoms with E-state index in [0.29, 0.717) is 9.50 Å². The highest BCUT2D eigenvalue weighted by atomic mass is 79.9. The van der Waals surface area contributed by atoms with Gasteiger partial charge in [0.05, 0.1) is 16.5 Å². The summed E-state index contributed by atoms with van der Waals surface area (Å²) in [5.74, 6) is 0. The van der Waals surface area contributed by atoms with Crippen molar-refractivity contribution < 1.29 is 13.5 Å². The maximum atomic E-state index is 12.2. The molecule has 0 atom stereocenters. The summed E-state index contributed by atoms with van der Waals surface area (Å²) in [6.45, 7) is 0.138. The van der Waals surface area contributed by atoms with Crippen molar-refractivity contribution in [2.45, 2.75) is 18.0 Å². The molecular formula is C14H13BrClNO3S. The molecule has 0 spiro atoms. The van der Waals surface area contributed by atoms with Crippen LogP contribution in [0.2, 0.25) is 5.02 Å². The highest BCUT2D eigenvalue weighted by Crippen LogP contribution is 2.25. The molecule has 2 N–H and O–H groups in total. The van der Waals surface area contributed by atoms with Crippen molar-refractivity contribution in [3.63, 3.8) is 0 Å². The first-order valence-corrected chi connectivity index (χ1v) is 8.71. The lowest BCUT2D eigenvalue weighted by Gasteiger charge is -2.08. The zero-order valence-electron chi connectivity index (χ0n) is 10.9. The monoisotopic (exact) mass is 389 g/mol. The summed E-state index contributed by atoms with van der Waals surface area (Å²) in [6, 6.07) is 11.5. The second-order valence-corrected chi connectivity index (χ2v) is 7.40. The molecule has 0 amide bonds. The number of hydrogen-bond acceptors (Lipinski definition) is 3. The number of halogens is 2. The summed E-state index contributed by atoms with van der Waals surface area (Å²) in [6.07, 6.45) is 0. The Balaban J connectivity index is 2.11. The van der Waals surface area contributed by atoms with Gasteiger partial charge in [-0.1, -0.05) is 35.9 Å². The summed E-state index contributed by atoms with van der Waals surface area (Å²) < 4.78 is 27.4. The number of aliphatic hydroxyl groups is 1. The van der Waals surface area contributed by atoms with Crippen molar-refractivity contribution >= 4 is 37.6 Å². The van der Waals surface area contributed by atoms with Crippen LogP contribution in [0.1, 0.15) is 11.1 Å². The Kier molecular flexibility index (Phi) is 5.40. The Labute approximate surface area is 136 Å². The molecule has 0 radical (unpaired) electrons. The first-order chi connectivity index (χ1) is 9.92. The largest absolute Gasteiger partial charge is 0.392 e. The van der Waals surface area contributed by atoms with E-state index in [4.69, 9.17) is 16.7 Å². The minimum Gasteiger partial charge on any atom is -0.392 e. The Hall–Kier alpha value is -0.920. The van der Waals surface area contributed by atoms with Crippen LogP contribution in [0, 0.1) is 0 Å². The third kappa shape index (κ3) is 4.28. The summed E-state index contributed by atoms with van der Waals surface area (Å²) in [4.78, 5) is 0.144. The normalized spacial score (nSPS) is 11.6. The number of benzene rings is 2. The molecule has 2 rings (SSSR count). The van der Waals surface area contributed by atoms with Gasteiger partial charge in [-0.2, -0.15) is 0 Å². The molecule has 2 aromatic carbocycles. The van der Waals surface area contributed by atoms with Crippen LogP contribution in [0.15, 0.2) is 51.8 Å². The van der Waals surface area contributed by atoms with E-state index in [1.54, 1.807) is 24.3 Å². The minimum absolute atomic E-state index is 0.0369. The smallest absolute Gasteiger partial charge is 0.240 e. The lowest BCUT2D eigenvalue weighted by molar-refractivity contribution is 0.282. The zero-order chi connectivity index (χ0) is 15.5. The van der Waals surface area contributed by atoms with Crippen molar-refractivity contribution in [2.75, 3.05) is 0 Å². The van der Waals surface area contributed by atoms with Gasteiger partial charge in [0.15, 0.2) is 0 Å². The van der Waals surface area contributed by atoms with E-state index in [1.807, 2.05) is 0 Å². The first-order valence-electron chi connectivity index (χ1n) is 6.06.